The van der Waals surface area contributed by atoms with Gasteiger partial charge >= 0.3 is 0 Å². The van der Waals surface area contributed by atoms with E-state index in [4.69, 9.17) is 4.42 Å². The predicted octanol–water partition coefficient (Wildman–Crippen LogP) is 14.7. The third-order valence-electron chi connectivity index (χ3n) is 12.3. The van der Waals surface area contributed by atoms with E-state index in [9.17, 15) is 0 Å². The lowest BCUT2D eigenvalue weighted by atomic mass is 9.67. The molecule has 12 rings (SSSR count). The van der Waals surface area contributed by atoms with Crippen molar-refractivity contribution in [3.63, 3.8) is 0 Å². The van der Waals surface area contributed by atoms with Gasteiger partial charge in [0.25, 0.3) is 0 Å². The van der Waals surface area contributed by atoms with Crippen LogP contribution in [0.5, 0.6) is 0 Å². The van der Waals surface area contributed by atoms with Gasteiger partial charge in [0, 0.05) is 16.2 Å². The molecule has 0 radical (unpaired) electrons. The summed E-state index contributed by atoms with van der Waals surface area (Å²) in [6, 6.07) is 76.1. The SMILES string of the molecule is c1ccc(C2(c3ccccc3)c3cc4ccccc4cc3-c3c(-c4cccc5ccccc45)cc(-c4cccc5oc6c7ccccc7ccc6c45)cc32)cc1. The minimum absolute atomic E-state index is 0.588. The van der Waals surface area contributed by atoms with Crippen LogP contribution >= 0.6 is 0 Å². The van der Waals surface area contributed by atoms with Crippen LogP contribution in [0.1, 0.15) is 22.3 Å². The van der Waals surface area contributed by atoms with E-state index in [1.54, 1.807) is 0 Å². The van der Waals surface area contributed by atoms with Gasteiger partial charge in [-0.1, -0.05) is 170 Å². The number of rotatable bonds is 4. The molecule has 0 saturated carbocycles. The molecule has 0 atom stereocenters. The zero-order chi connectivity index (χ0) is 36.8. The molecule has 0 fully saturated rings. The lowest BCUT2D eigenvalue weighted by molar-refractivity contribution is 0.673. The van der Waals surface area contributed by atoms with Crippen molar-refractivity contribution in [2.45, 2.75) is 5.41 Å². The van der Waals surface area contributed by atoms with E-state index < -0.39 is 5.41 Å². The van der Waals surface area contributed by atoms with Gasteiger partial charge in [0.2, 0.25) is 0 Å². The Balaban J connectivity index is 1.28. The highest BCUT2D eigenvalue weighted by Gasteiger charge is 2.47. The third kappa shape index (κ3) is 4.31. The van der Waals surface area contributed by atoms with Crippen LogP contribution in [0.25, 0.3) is 87.6 Å². The molecule has 0 aliphatic heterocycles. The molecular formula is C55H34O. The molecule has 260 valence electrons. The van der Waals surface area contributed by atoms with Crippen LogP contribution in [-0.4, -0.2) is 0 Å². The van der Waals surface area contributed by atoms with Gasteiger partial charge in [-0.15, -0.1) is 0 Å². The lowest BCUT2D eigenvalue weighted by Gasteiger charge is -2.34. The van der Waals surface area contributed by atoms with Crippen molar-refractivity contribution in [1.29, 1.82) is 0 Å². The Morgan fingerprint density at radius 1 is 0.339 bits per heavy atom. The number of benzene rings is 10. The fourth-order valence-electron chi connectivity index (χ4n) is 9.92. The van der Waals surface area contributed by atoms with Gasteiger partial charge in [-0.2, -0.15) is 0 Å². The summed E-state index contributed by atoms with van der Waals surface area (Å²) in [5.74, 6) is 0. The topological polar surface area (TPSA) is 13.1 Å². The Labute approximate surface area is 324 Å². The highest BCUT2D eigenvalue weighted by molar-refractivity contribution is 6.19. The number of fused-ring (bicyclic) bond motifs is 10. The monoisotopic (exact) mass is 710 g/mol. The van der Waals surface area contributed by atoms with E-state index in [-0.39, 0.29) is 0 Å². The van der Waals surface area contributed by atoms with Crippen LogP contribution in [0, 0.1) is 0 Å². The maximum Gasteiger partial charge on any atom is 0.143 e. The number of hydrogen-bond donors (Lipinski definition) is 0. The molecule has 1 aromatic heterocycles. The first kappa shape index (κ1) is 31.2. The average Bonchev–Trinajstić information content (AvgIpc) is 3.80. The smallest absolute Gasteiger partial charge is 0.143 e. The quantitative estimate of drug-likeness (QED) is 0.177. The van der Waals surface area contributed by atoms with Crippen molar-refractivity contribution in [2.75, 3.05) is 0 Å². The minimum atomic E-state index is -0.588. The van der Waals surface area contributed by atoms with E-state index >= 15 is 0 Å². The van der Waals surface area contributed by atoms with Gasteiger partial charge in [-0.3, -0.25) is 0 Å². The first-order valence-corrected chi connectivity index (χ1v) is 19.4. The molecule has 0 N–H and O–H groups in total. The van der Waals surface area contributed by atoms with Crippen molar-refractivity contribution >= 4 is 54.3 Å². The average molecular weight is 711 g/mol. The van der Waals surface area contributed by atoms with Crippen molar-refractivity contribution in [3.8, 4) is 33.4 Å². The summed E-state index contributed by atoms with van der Waals surface area (Å²) in [6.45, 7) is 0. The van der Waals surface area contributed by atoms with E-state index in [1.165, 1.54) is 77.0 Å². The van der Waals surface area contributed by atoms with Crippen LogP contribution in [0.3, 0.4) is 0 Å². The molecule has 0 amide bonds. The van der Waals surface area contributed by atoms with Crippen molar-refractivity contribution in [3.05, 3.63) is 229 Å². The van der Waals surface area contributed by atoms with Crippen LogP contribution in [0.2, 0.25) is 0 Å². The minimum Gasteiger partial charge on any atom is -0.455 e. The summed E-state index contributed by atoms with van der Waals surface area (Å²) in [7, 11) is 0. The predicted molar refractivity (Wildman–Crippen MR) is 234 cm³/mol. The van der Waals surface area contributed by atoms with Gasteiger partial charge in [0.15, 0.2) is 0 Å². The maximum absolute atomic E-state index is 6.77. The van der Waals surface area contributed by atoms with E-state index in [1.807, 2.05) is 0 Å². The molecular weight excluding hydrogens is 677 g/mol. The normalized spacial score (nSPS) is 13.1. The molecule has 11 aromatic rings. The molecule has 0 bridgehead atoms. The largest absolute Gasteiger partial charge is 0.455 e. The van der Waals surface area contributed by atoms with Gasteiger partial charge in [0.1, 0.15) is 11.2 Å². The fourth-order valence-corrected chi connectivity index (χ4v) is 9.92. The molecule has 1 nitrogen and oxygen atoms in total. The van der Waals surface area contributed by atoms with E-state index in [0.29, 0.717) is 0 Å². The summed E-state index contributed by atoms with van der Waals surface area (Å²) in [5.41, 5.74) is 13.7. The molecule has 10 aromatic carbocycles. The van der Waals surface area contributed by atoms with Crippen molar-refractivity contribution in [1.82, 2.24) is 0 Å². The Kier molecular flexibility index (Phi) is 6.62. The van der Waals surface area contributed by atoms with Gasteiger partial charge in [0.05, 0.1) is 5.41 Å². The number of furan rings is 1. The fraction of sp³-hybridized carbons (Fsp3) is 0.0182. The summed E-state index contributed by atoms with van der Waals surface area (Å²) >= 11 is 0. The number of hydrogen-bond acceptors (Lipinski definition) is 1. The molecule has 0 saturated heterocycles. The molecule has 0 spiro atoms. The summed E-state index contributed by atoms with van der Waals surface area (Å²) in [6.07, 6.45) is 0. The second-order valence-electron chi connectivity index (χ2n) is 15.1. The Hall–Kier alpha value is -7.22. The van der Waals surface area contributed by atoms with Crippen LogP contribution < -0.4 is 0 Å². The van der Waals surface area contributed by atoms with Gasteiger partial charge in [-0.25, -0.2) is 0 Å². The highest BCUT2D eigenvalue weighted by atomic mass is 16.3. The Morgan fingerprint density at radius 3 is 1.68 bits per heavy atom. The molecule has 1 heterocycles. The zero-order valence-corrected chi connectivity index (χ0v) is 30.5. The summed E-state index contributed by atoms with van der Waals surface area (Å²) in [4.78, 5) is 0. The molecule has 56 heavy (non-hydrogen) atoms. The van der Waals surface area contributed by atoms with Gasteiger partial charge < -0.3 is 4.42 Å². The Morgan fingerprint density at radius 2 is 0.929 bits per heavy atom. The Bertz CT molecular complexity index is 3310. The van der Waals surface area contributed by atoms with Crippen LogP contribution in [-0.2, 0) is 5.41 Å². The first-order chi connectivity index (χ1) is 27.8. The maximum atomic E-state index is 6.77. The first-order valence-electron chi connectivity index (χ1n) is 19.4. The van der Waals surface area contributed by atoms with E-state index in [2.05, 4.69) is 206 Å². The summed E-state index contributed by atoms with van der Waals surface area (Å²) < 4.78 is 6.77. The molecule has 1 aliphatic rings. The van der Waals surface area contributed by atoms with Gasteiger partial charge in [-0.05, 0) is 119 Å². The van der Waals surface area contributed by atoms with Crippen LogP contribution in [0.4, 0.5) is 0 Å². The second kappa shape index (κ2) is 11.9. The molecule has 0 unspecified atom stereocenters. The second-order valence-corrected chi connectivity index (χ2v) is 15.1. The molecule has 1 heteroatoms. The standard InChI is InChI=1S/C55H34O/c1-3-20-40(21-4-1)55(41-22-5-2-6-23-41)49-33-38-18-8-7-17-37(38)31-48(49)52-47(45-27-13-19-35-15-9-11-24-42(35)45)32-39(34-50(52)55)43-26-14-28-51-53(43)46-30-29-36-16-10-12-25-44(36)54(46)56-51/h1-34H. The molecule has 1 aliphatic carbocycles. The van der Waals surface area contributed by atoms with Crippen LogP contribution in [0.15, 0.2) is 211 Å². The zero-order valence-electron chi connectivity index (χ0n) is 30.5. The van der Waals surface area contributed by atoms with Crippen molar-refractivity contribution in [2.24, 2.45) is 0 Å². The lowest BCUT2D eigenvalue weighted by Crippen LogP contribution is -2.28. The highest BCUT2D eigenvalue weighted by Crippen LogP contribution is 2.60. The third-order valence-corrected chi connectivity index (χ3v) is 12.3. The summed E-state index contributed by atoms with van der Waals surface area (Å²) in [5, 5.41) is 9.54. The van der Waals surface area contributed by atoms with Crippen molar-refractivity contribution < 1.29 is 4.42 Å². The van der Waals surface area contributed by atoms with E-state index in [0.717, 1.165) is 32.9 Å².